The summed E-state index contributed by atoms with van der Waals surface area (Å²) in [6.45, 7) is 16.5. The van der Waals surface area contributed by atoms with Gasteiger partial charge in [-0.1, -0.05) is 33.8 Å². The van der Waals surface area contributed by atoms with E-state index in [1.807, 2.05) is 20.8 Å². The van der Waals surface area contributed by atoms with E-state index < -0.39 is 82.7 Å². The molecular weight excluding hydrogens is 532 g/mol. The standard InChI is InChI=1S/C31H42O10/c1-11-14(2)28(36)40-24-17(5)26(35)30-13-16(4)27(39-20(8)34)31(30,41-30)12-15(3)23(37-18(6)32)25(38-19(7)33)22-21(24)29(22,9)10/h11-12,16-17,21-25,27H,13H2,1-10H3/b14-11-,15-12+/t16-,17+,21-,22+,23+,24-,25-,27-,30-,31-/m0/s1. The zero-order valence-electron chi connectivity index (χ0n) is 25.6. The first kappa shape index (κ1) is 30.9. The molecule has 0 spiro atoms. The Hall–Kier alpha value is -3.01. The molecule has 1 aliphatic heterocycles. The first-order valence-electron chi connectivity index (χ1n) is 14.2. The minimum absolute atomic E-state index is 0.233. The van der Waals surface area contributed by atoms with Gasteiger partial charge < -0.3 is 23.7 Å². The van der Waals surface area contributed by atoms with E-state index in [-0.39, 0.29) is 18.1 Å². The van der Waals surface area contributed by atoms with Gasteiger partial charge in [0.2, 0.25) is 0 Å². The van der Waals surface area contributed by atoms with Crippen molar-refractivity contribution in [3.05, 3.63) is 23.3 Å². The van der Waals surface area contributed by atoms with Gasteiger partial charge in [-0.05, 0) is 50.2 Å². The maximum atomic E-state index is 14.5. The van der Waals surface area contributed by atoms with Gasteiger partial charge in [0.25, 0.3) is 0 Å². The number of epoxide rings is 1. The van der Waals surface area contributed by atoms with Crippen LogP contribution in [0, 0.1) is 29.1 Å². The SMILES string of the molecule is C/C=C(/C)C(=O)O[C@@H]1[C@@H]2[C@H]([C@H](OC(C)=O)[C@H](OC(C)=O)/C(C)=C/[C@@]34O[C@@]3(C[C@H](C)[C@@H]4OC(C)=O)C(=O)[C@@H]1C)C2(C)C. The van der Waals surface area contributed by atoms with Crippen molar-refractivity contribution >= 4 is 29.7 Å². The summed E-state index contributed by atoms with van der Waals surface area (Å²) in [5, 5.41) is 0. The fraction of sp³-hybridized carbons (Fsp3) is 0.710. The minimum atomic E-state index is -1.33. The smallest absolute Gasteiger partial charge is 0.333 e. The lowest BCUT2D eigenvalue weighted by molar-refractivity contribution is -0.166. The number of fused-ring (bicyclic) bond motifs is 1. The summed E-state index contributed by atoms with van der Waals surface area (Å²) in [6.07, 6.45) is 0.000346. The number of rotatable bonds is 5. The zero-order chi connectivity index (χ0) is 30.8. The first-order valence-corrected chi connectivity index (χ1v) is 14.2. The molecule has 10 heteroatoms. The van der Waals surface area contributed by atoms with E-state index in [0.29, 0.717) is 11.1 Å². The average molecular weight is 575 g/mol. The number of esters is 4. The summed E-state index contributed by atoms with van der Waals surface area (Å²) in [6, 6.07) is 0. The third-order valence-electron chi connectivity index (χ3n) is 9.57. The maximum Gasteiger partial charge on any atom is 0.333 e. The summed E-state index contributed by atoms with van der Waals surface area (Å²) in [5.74, 6) is -4.34. The van der Waals surface area contributed by atoms with Crippen LogP contribution in [0.15, 0.2) is 23.3 Å². The molecule has 226 valence electrons. The van der Waals surface area contributed by atoms with Crippen molar-refractivity contribution in [2.24, 2.45) is 29.1 Å². The Bertz CT molecular complexity index is 1230. The Labute approximate surface area is 241 Å². The number of ketones is 1. The molecule has 10 atom stereocenters. The van der Waals surface area contributed by atoms with Gasteiger partial charge in [-0.25, -0.2) is 4.79 Å². The van der Waals surface area contributed by atoms with E-state index in [2.05, 4.69) is 0 Å². The van der Waals surface area contributed by atoms with E-state index in [1.165, 1.54) is 20.8 Å². The third-order valence-corrected chi connectivity index (χ3v) is 9.57. The highest BCUT2D eigenvalue weighted by atomic mass is 16.7. The molecule has 3 aliphatic carbocycles. The van der Waals surface area contributed by atoms with Crippen molar-refractivity contribution in [1.82, 2.24) is 0 Å². The molecule has 3 fully saturated rings. The number of carbonyl (C=O) groups is 5. The fourth-order valence-corrected chi connectivity index (χ4v) is 7.53. The predicted octanol–water partition coefficient (Wildman–Crippen LogP) is 3.64. The highest BCUT2D eigenvalue weighted by Crippen LogP contribution is 2.69. The third kappa shape index (κ3) is 4.91. The molecule has 0 bridgehead atoms. The van der Waals surface area contributed by atoms with Crippen LogP contribution < -0.4 is 0 Å². The molecule has 1 heterocycles. The van der Waals surface area contributed by atoms with Crippen molar-refractivity contribution in [2.75, 3.05) is 0 Å². The Morgan fingerprint density at radius 3 is 2.00 bits per heavy atom. The Morgan fingerprint density at radius 1 is 0.902 bits per heavy atom. The van der Waals surface area contributed by atoms with Gasteiger partial charge in [0.1, 0.15) is 18.3 Å². The number of hydrogen-bond acceptors (Lipinski definition) is 10. The van der Waals surface area contributed by atoms with Crippen LogP contribution in [0.1, 0.15) is 75.7 Å². The van der Waals surface area contributed by atoms with Gasteiger partial charge in [0.15, 0.2) is 23.1 Å². The first-order chi connectivity index (χ1) is 18.9. The second-order valence-electron chi connectivity index (χ2n) is 12.8. The fourth-order valence-electron chi connectivity index (χ4n) is 7.53. The number of ether oxygens (including phenoxy) is 5. The molecule has 4 aliphatic rings. The number of hydrogen-bond donors (Lipinski definition) is 0. The van der Waals surface area contributed by atoms with Crippen LogP contribution in [0.5, 0.6) is 0 Å². The van der Waals surface area contributed by atoms with Gasteiger partial charge in [-0.15, -0.1) is 0 Å². The van der Waals surface area contributed by atoms with Gasteiger partial charge >= 0.3 is 23.9 Å². The highest BCUT2D eigenvalue weighted by molar-refractivity contribution is 5.96. The number of carbonyl (C=O) groups excluding carboxylic acids is 5. The van der Waals surface area contributed by atoms with Crippen molar-refractivity contribution in [1.29, 1.82) is 0 Å². The maximum absolute atomic E-state index is 14.5. The van der Waals surface area contributed by atoms with Crippen LogP contribution in [-0.4, -0.2) is 65.3 Å². The lowest BCUT2D eigenvalue weighted by Gasteiger charge is -2.30. The second kappa shape index (κ2) is 10.4. The van der Waals surface area contributed by atoms with Gasteiger partial charge in [0, 0.05) is 38.2 Å². The molecule has 0 aromatic carbocycles. The van der Waals surface area contributed by atoms with Crippen molar-refractivity contribution in [2.45, 2.75) is 111 Å². The zero-order valence-corrected chi connectivity index (χ0v) is 25.6. The molecule has 0 unspecified atom stereocenters. The molecule has 10 nitrogen and oxygen atoms in total. The molecule has 1 saturated heterocycles. The predicted molar refractivity (Wildman–Crippen MR) is 145 cm³/mol. The molecular formula is C31H42O10. The molecule has 0 radical (unpaired) electrons. The normalized spacial score (nSPS) is 42.1. The molecule has 2 saturated carbocycles. The topological polar surface area (TPSA) is 135 Å². The van der Waals surface area contributed by atoms with Gasteiger partial charge in [-0.3, -0.25) is 19.2 Å². The minimum Gasteiger partial charge on any atom is -0.459 e. The molecule has 0 aromatic rings. The highest BCUT2D eigenvalue weighted by Gasteiger charge is 2.84. The van der Waals surface area contributed by atoms with E-state index in [9.17, 15) is 24.0 Å². The van der Waals surface area contributed by atoms with Crippen molar-refractivity contribution < 1.29 is 47.7 Å². The molecule has 0 N–H and O–H groups in total. The van der Waals surface area contributed by atoms with Crippen molar-refractivity contribution in [3.8, 4) is 0 Å². The quantitative estimate of drug-likeness (QED) is 0.157. The van der Waals surface area contributed by atoms with E-state index >= 15 is 0 Å². The lowest BCUT2D eigenvalue weighted by atomic mass is 9.80. The Kier molecular flexibility index (Phi) is 7.82. The molecule has 0 aromatic heterocycles. The van der Waals surface area contributed by atoms with Crippen LogP contribution in [0.2, 0.25) is 0 Å². The Balaban J connectivity index is 1.94. The van der Waals surface area contributed by atoms with E-state index in [0.717, 1.165) is 0 Å². The summed E-state index contributed by atoms with van der Waals surface area (Å²) < 4.78 is 29.8. The monoisotopic (exact) mass is 574 g/mol. The summed E-state index contributed by atoms with van der Waals surface area (Å²) in [4.78, 5) is 64.5. The summed E-state index contributed by atoms with van der Waals surface area (Å²) in [5.41, 5.74) is -2.31. The summed E-state index contributed by atoms with van der Waals surface area (Å²) >= 11 is 0. The number of Topliss-reactive ketones (excluding diaryl/α,β-unsaturated/α-hetero) is 1. The van der Waals surface area contributed by atoms with E-state index in [4.69, 9.17) is 23.7 Å². The molecule has 4 rings (SSSR count). The summed E-state index contributed by atoms with van der Waals surface area (Å²) in [7, 11) is 0. The Morgan fingerprint density at radius 2 is 1.46 bits per heavy atom. The molecule has 41 heavy (non-hydrogen) atoms. The van der Waals surface area contributed by atoms with Crippen LogP contribution in [0.25, 0.3) is 0 Å². The van der Waals surface area contributed by atoms with Crippen LogP contribution in [0.4, 0.5) is 0 Å². The van der Waals surface area contributed by atoms with Crippen molar-refractivity contribution in [3.63, 3.8) is 0 Å². The average Bonchev–Trinajstić information content (AvgIpc) is 3.66. The largest absolute Gasteiger partial charge is 0.459 e. The van der Waals surface area contributed by atoms with Crippen LogP contribution in [-0.2, 0) is 47.7 Å². The van der Waals surface area contributed by atoms with E-state index in [1.54, 1.807) is 39.8 Å². The van der Waals surface area contributed by atoms with Gasteiger partial charge in [0.05, 0.1) is 5.92 Å². The van der Waals surface area contributed by atoms with Crippen LogP contribution >= 0.6 is 0 Å². The van der Waals surface area contributed by atoms with Crippen LogP contribution in [0.3, 0.4) is 0 Å². The molecule has 0 amide bonds. The van der Waals surface area contributed by atoms with Gasteiger partial charge in [-0.2, -0.15) is 0 Å². The lowest BCUT2D eigenvalue weighted by Crippen LogP contribution is -2.43. The second-order valence-corrected chi connectivity index (χ2v) is 12.8. The number of allylic oxidation sites excluding steroid dienone is 1.